The van der Waals surface area contributed by atoms with Crippen LogP contribution in [-0.2, 0) is 9.53 Å². The van der Waals surface area contributed by atoms with Gasteiger partial charge in [-0.1, -0.05) is 6.07 Å². The minimum absolute atomic E-state index is 0.0606. The van der Waals surface area contributed by atoms with Gasteiger partial charge in [0.2, 0.25) is 5.91 Å². The monoisotopic (exact) mass is 248 g/mol. The summed E-state index contributed by atoms with van der Waals surface area (Å²) in [6.45, 7) is 0.875. The molecule has 18 heavy (non-hydrogen) atoms. The highest BCUT2D eigenvalue weighted by atomic mass is 16.5. The molecule has 1 aliphatic heterocycles. The summed E-state index contributed by atoms with van der Waals surface area (Å²) in [5, 5.41) is 5.92. The summed E-state index contributed by atoms with van der Waals surface area (Å²) in [7, 11) is 1.33. The van der Waals surface area contributed by atoms with Crippen LogP contribution < -0.4 is 10.6 Å². The maximum Gasteiger partial charge on any atom is 0.337 e. The molecule has 0 aliphatic carbocycles. The average molecular weight is 248 g/mol. The number of amides is 1. The molecule has 1 aromatic rings. The number of methoxy groups -OCH3 is 1. The lowest BCUT2D eigenvalue weighted by Gasteiger charge is -2.11. The van der Waals surface area contributed by atoms with E-state index in [4.69, 9.17) is 0 Å². The number of carbonyl (C=O) groups is 2. The van der Waals surface area contributed by atoms with Crippen molar-refractivity contribution in [2.75, 3.05) is 19.0 Å². The molecule has 1 aliphatic rings. The van der Waals surface area contributed by atoms with Crippen molar-refractivity contribution in [2.45, 2.75) is 18.9 Å². The van der Waals surface area contributed by atoms with Gasteiger partial charge in [0, 0.05) is 5.69 Å². The molecule has 2 N–H and O–H groups in total. The highest BCUT2D eigenvalue weighted by Crippen LogP contribution is 2.13. The smallest absolute Gasteiger partial charge is 0.337 e. The third kappa shape index (κ3) is 2.87. The first-order valence-electron chi connectivity index (χ1n) is 5.93. The van der Waals surface area contributed by atoms with E-state index in [1.807, 2.05) is 0 Å². The second kappa shape index (κ2) is 5.64. The third-order valence-electron chi connectivity index (χ3n) is 2.93. The summed E-state index contributed by atoms with van der Waals surface area (Å²) in [5.41, 5.74) is 1.03. The van der Waals surface area contributed by atoms with Crippen LogP contribution in [-0.4, -0.2) is 31.6 Å². The minimum atomic E-state index is -0.412. The van der Waals surface area contributed by atoms with E-state index in [0.29, 0.717) is 11.3 Å². The number of hydrogen-bond donors (Lipinski definition) is 2. The minimum Gasteiger partial charge on any atom is -0.465 e. The van der Waals surface area contributed by atoms with Crippen LogP contribution in [0.15, 0.2) is 24.3 Å². The zero-order valence-electron chi connectivity index (χ0n) is 10.2. The van der Waals surface area contributed by atoms with E-state index >= 15 is 0 Å². The van der Waals surface area contributed by atoms with Gasteiger partial charge in [-0.25, -0.2) is 4.79 Å². The quantitative estimate of drug-likeness (QED) is 0.788. The molecule has 0 unspecified atom stereocenters. The van der Waals surface area contributed by atoms with E-state index in [9.17, 15) is 9.59 Å². The van der Waals surface area contributed by atoms with Crippen molar-refractivity contribution in [1.82, 2.24) is 5.32 Å². The first kappa shape index (κ1) is 12.6. The zero-order chi connectivity index (χ0) is 13.0. The number of nitrogens with one attached hydrogen (secondary N) is 2. The fourth-order valence-electron chi connectivity index (χ4n) is 1.98. The van der Waals surface area contributed by atoms with Gasteiger partial charge in [0.1, 0.15) is 0 Å². The molecule has 2 rings (SSSR count). The van der Waals surface area contributed by atoms with Crippen molar-refractivity contribution >= 4 is 17.6 Å². The van der Waals surface area contributed by atoms with E-state index < -0.39 is 5.97 Å². The van der Waals surface area contributed by atoms with Gasteiger partial charge in [-0.15, -0.1) is 0 Å². The number of carbonyl (C=O) groups excluding carboxylic acids is 2. The highest BCUT2D eigenvalue weighted by Gasteiger charge is 2.22. The Kier molecular flexibility index (Phi) is 3.94. The Bertz CT molecular complexity index is 453. The van der Waals surface area contributed by atoms with Crippen LogP contribution in [0, 0.1) is 0 Å². The number of ether oxygens (including phenoxy) is 1. The molecule has 0 aromatic heterocycles. The second-order valence-electron chi connectivity index (χ2n) is 4.21. The molecule has 0 spiro atoms. The predicted molar refractivity (Wildman–Crippen MR) is 67.4 cm³/mol. The molecule has 1 aromatic carbocycles. The van der Waals surface area contributed by atoms with Crippen molar-refractivity contribution < 1.29 is 14.3 Å². The summed E-state index contributed by atoms with van der Waals surface area (Å²) in [4.78, 5) is 23.2. The number of anilines is 1. The molecule has 0 radical (unpaired) electrons. The fraction of sp³-hybridized carbons (Fsp3) is 0.385. The lowest BCUT2D eigenvalue weighted by molar-refractivity contribution is -0.117. The van der Waals surface area contributed by atoms with Crippen LogP contribution in [0.4, 0.5) is 5.69 Å². The van der Waals surface area contributed by atoms with Gasteiger partial charge >= 0.3 is 5.97 Å². The lowest BCUT2D eigenvalue weighted by Crippen LogP contribution is -2.35. The van der Waals surface area contributed by atoms with Crippen LogP contribution in [0.2, 0.25) is 0 Å². The molecule has 96 valence electrons. The van der Waals surface area contributed by atoms with Gasteiger partial charge in [-0.05, 0) is 37.6 Å². The number of benzene rings is 1. The molecule has 1 heterocycles. The molecule has 0 saturated carbocycles. The SMILES string of the molecule is COC(=O)c1cccc(NC(=O)[C@H]2CCCN2)c1. The largest absolute Gasteiger partial charge is 0.465 e. The molecular weight excluding hydrogens is 232 g/mol. The van der Waals surface area contributed by atoms with Crippen molar-refractivity contribution in [3.63, 3.8) is 0 Å². The summed E-state index contributed by atoms with van der Waals surface area (Å²) < 4.78 is 4.63. The molecule has 5 nitrogen and oxygen atoms in total. The van der Waals surface area contributed by atoms with Crippen molar-refractivity contribution in [3.8, 4) is 0 Å². The number of hydrogen-bond acceptors (Lipinski definition) is 4. The van der Waals surface area contributed by atoms with Gasteiger partial charge in [0.15, 0.2) is 0 Å². The van der Waals surface area contributed by atoms with Crippen molar-refractivity contribution in [3.05, 3.63) is 29.8 Å². The molecular formula is C13H16N2O3. The summed E-state index contributed by atoms with van der Waals surface area (Å²) in [5.74, 6) is -0.473. The Hall–Kier alpha value is -1.88. The van der Waals surface area contributed by atoms with E-state index in [1.54, 1.807) is 24.3 Å². The Morgan fingerprint density at radius 1 is 1.44 bits per heavy atom. The van der Waals surface area contributed by atoms with Gasteiger partial charge in [-0.3, -0.25) is 4.79 Å². The Balaban J connectivity index is 2.04. The van der Waals surface area contributed by atoms with Gasteiger partial charge < -0.3 is 15.4 Å². The highest BCUT2D eigenvalue weighted by molar-refractivity contribution is 5.97. The molecule has 0 bridgehead atoms. The van der Waals surface area contributed by atoms with Crippen LogP contribution in [0.5, 0.6) is 0 Å². The van der Waals surface area contributed by atoms with Gasteiger partial charge in [0.25, 0.3) is 0 Å². The first-order chi connectivity index (χ1) is 8.70. The van der Waals surface area contributed by atoms with Crippen molar-refractivity contribution in [1.29, 1.82) is 0 Å². The zero-order valence-corrected chi connectivity index (χ0v) is 10.2. The third-order valence-corrected chi connectivity index (χ3v) is 2.93. The van der Waals surface area contributed by atoms with Crippen LogP contribution >= 0.6 is 0 Å². The summed E-state index contributed by atoms with van der Waals surface area (Å²) in [6.07, 6.45) is 1.86. The lowest BCUT2D eigenvalue weighted by atomic mass is 10.2. The van der Waals surface area contributed by atoms with E-state index in [0.717, 1.165) is 19.4 Å². The van der Waals surface area contributed by atoms with Crippen molar-refractivity contribution in [2.24, 2.45) is 0 Å². The number of esters is 1. The molecule has 1 atom stereocenters. The maximum absolute atomic E-state index is 11.9. The molecule has 1 saturated heterocycles. The van der Waals surface area contributed by atoms with Gasteiger partial charge in [0.05, 0.1) is 18.7 Å². The van der Waals surface area contributed by atoms with Crippen LogP contribution in [0.1, 0.15) is 23.2 Å². The second-order valence-corrected chi connectivity index (χ2v) is 4.21. The van der Waals surface area contributed by atoms with Crippen LogP contribution in [0.3, 0.4) is 0 Å². The average Bonchev–Trinajstić information content (AvgIpc) is 2.92. The van der Waals surface area contributed by atoms with Crippen LogP contribution in [0.25, 0.3) is 0 Å². The maximum atomic E-state index is 11.9. The fourth-order valence-corrected chi connectivity index (χ4v) is 1.98. The molecule has 1 amide bonds. The Morgan fingerprint density at radius 3 is 2.94 bits per heavy atom. The Labute approximate surface area is 106 Å². The summed E-state index contributed by atoms with van der Waals surface area (Å²) >= 11 is 0. The number of rotatable bonds is 3. The first-order valence-corrected chi connectivity index (χ1v) is 5.93. The van der Waals surface area contributed by atoms with E-state index in [1.165, 1.54) is 7.11 Å². The summed E-state index contributed by atoms with van der Waals surface area (Å²) in [6, 6.07) is 6.59. The molecule has 1 fully saturated rings. The van der Waals surface area contributed by atoms with Gasteiger partial charge in [-0.2, -0.15) is 0 Å². The normalized spacial score (nSPS) is 18.4. The standard InChI is InChI=1S/C13H16N2O3/c1-18-13(17)9-4-2-5-10(8-9)15-12(16)11-6-3-7-14-11/h2,4-5,8,11,14H,3,6-7H2,1H3,(H,15,16)/t11-/m1/s1. The topological polar surface area (TPSA) is 67.4 Å². The predicted octanol–water partition coefficient (Wildman–Crippen LogP) is 1.16. The van der Waals surface area contributed by atoms with E-state index in [2.05, 4.69) is 15.4 Å². The van der Waals surface area contributed by atoms with E-state index in [-0.39, 0.29) is 11.9 Å². The Morgan fingerprint density at radius 2 is 2.28 bits per heavy atom. The molecule has 5 heteroatoms.